The molecule has 1 atom stereocenters. The number of rotatable bonds is 5. The number of hydrogen-bond acceptors (Lipinski definition) is 5. The predicted molar refractivity (Wildman–Crippen MR) is 92.8 cm³/mol. The van der Waals surface area contributed by atoms with E-state index in [-0.39, 0.29) is 22.0 Å². The first kappa shape index (κ1) is 19.3. The molecule has 26 heavy (non-hydrogen) atoms. The Morgan fingerprint density at radius 1 is 1.27 bits per heavy atom. The number of aryl methyl sites for hydroxylation is 1. The van der Waals surface area contributed by atoms with Crippen molar-refractivity contribution in [3.63, 3.8) is 0 Å². The Kier molecular flexibility index (Phi) is 5.89. The van der Waals surface area contributed by atoms with Crippen molar-refractivity contribution in [1.29, 1.82) is 0 Å². The van der Waals surface area contributed by atoms with Crippen LogP contribution in [-0.2, 0) is 9.53 Å². The van der Waals surface area contributed by atoms with Crippen LogP contribution in [0.2, 0.25) is 5.02 Å². The van der Waals surface area contributed by atoms with Crippen molar-refractivity contribution in [2.45, 2.75) is 20.0 Å². The lowest BCUT2D eigenvalue weighted by Crippen LogP contribution is -2.30. The van der Waals surface area contributed by atoms with Crippen LogP contribution in [0.15, 0.2) is 36.4 Å². The largest absolute Gasteiger partial charge is 0.449 e. The topological polar surface area (TPSA) is 98.5 Å². The molecule has 1 N–H and O–H groups in total. The Morgan fingerprint density at radius 3 is 2.54 bits per heavy atom. The van der Waals surface area contributed by atoms with Gasteiger partial charge in [-0.3, -0.25) is 14.9 Å². The lowest BCUT2D eigenvalue weighted by Gasteiger charge is -2.14. The highest BCUT2D eigenvalue weighted by Gasteiger charge is 2.21. The van der Waals surface area contributed by atoms with E-state index in [1.807, 2.05) is 0 Å². The predicted octanol–water partition coefficient (Wildman–Crippen LogP) is 3.88. The number of halogens is 2. The van der Waals surface area contributed by atoms with Crippen molar-refractivity contribution in [3.8, 4) is 0 Å². The van der Waals surface area contributed by atoms with Crippen LogP contribution in [0, 0.1) is 22.9 Å². The minimum absolute atomic E-state index is 0.0267. The molecule has 7 nitrogen and oxygen atoms in total. The number of anilines is 1. The second-order valence-corrected chi connectivity index (χ2v) is 5.83. The van der Waals surface area contributed by atoms with Crippen LogP contribution in [0.25, 0.3) is 0 Å². The molecule has 0 radical (unpaired) electrons. The molecule has 0 heterocycles. The molecule has 2 aromatic rings. The number of ether oxygens (including phenoxy) is 1. The number of carbonyl (C=O) groups excluding carboxylic acids is 2. The molecule has 0 bridgehead atoms. The van der Waals surface area contributed by atoms with Gasteiger partial charge in [-0.05, 0) is 37.6 Å². The zero-order valence-electron chi connectivity index (χ0n) is 13.8. The number of hydrogen-bond donors (Lipinski definition) is 1. The van der Waals surface area contributed by atoms with E-state index in [1.54, 1.807) is 6.92 Å². The molecule has 0 fully saturated rings. The molecule has 0 aliphatic carbocycles. The average Bonchev–Trinajstić information content (AvgIpc) is 2.58. The fourth-order valence-corrected chi connectivity index (χ4v) is 2.18. The van der Waals surface area contributed by atoms with Crippen LogP contribution < -0.4 is 5.32 Å². The molecule has 1 amide bonds. The third-order valence-corrected chi connectivity index (χ3v) is 3.79. The number of amides is 1. The Bertz CT molecular complexity index is 887. The second kappa shape index (κ2) is 7.92. The van der Waals surface area contributed by atoms with E-state index in [1.165, 1.54) is 31.2 Å². The number of nitro benzene ring substituents is 1. The van der Waals surface area contributed by atoms with Gasteiger partial charge in [0, 0.05) is 12.1 Å². The number of nitrogens with zero attached hydrogens (tertiary/aromatic N) is 1. The molecule has 1 unspecified atom stereocenters. The van der Waals surface area contributed by atoms with Gasteiger partial charge in [-0.1, -0.05) is 17.7 Å². The summed E-state index contributed by atoms with van der Waals surface area (Å²) in [5.74, 6) is -2.11. The van der Waals surface area contributed by atoms with Gasteiger partial charge >= 0.3 is 5.97 Å². The second-order valence-electron chi connectivity index (χ2n) is 5.42. The first-order chi connectivity index (χ1) is 12.2. The van der Waals surface area contributed by atoms with E-state index in [2.05, 4.69) is 5.32 Å². The molecular weight excluding hydrogens is 367 g/mol. The maximum atomic E-state index is 13.5. The van der Waals surface area contributed by atoms with Gasteiger partial charge < -0.3 is 10.1 Å². The molecule has 2 aromatic carbocycles. The fraction of sp³-hybridized carbons (Fsp3) is 0.176. The van der Waals surface area contributed by atoms with Gasteiger partial charge in [0.2, 0.25) is 0 Å². The summed E-state index contributed by atoms with van der Waals surface area (Å²) in [6.07, 6.45) is -1.20. The fourth-order valence-electron chi connectivity index (χ4n) is 1.96. The van der Waals surface area contributed by atoms with E-state index >= 15 is 0 Å². The van der Waals surface area contributed by atoms with Crippen molar-refractivity contribution in [2.75, 3.05) is 5.32 Å². The van der Waals surface area contributed by atoms with Gasteiger partial charge in [0.05, 0.1) is 21.2 Å². The van der Waals surface area contributed by atoms with Crippen LogP contribution in [0.5, 0.6) is 0 Å². The van der Waals surface area contributed by atoms with E-state index < -0.39 is 28.7 Å². The highest BCUT2D eigenvalue weighted by Crippen LogP contribution is 2.26. The van der Waals surface area contributed by atoms with Crippen LogP contribution >= 0.6 is 11.6 Å². The average molecular weight is 381 g/mol. The summed E-state index contributed by atoms with van der Waals surface area (Å²) in [5.41, 5.74) is 0.252. The zero-order valence-corrected chi connectivity index (χ0v) is 14.5. The molecule has 2 rings (SSSR count). The van der Waals surface area contributed by atoms with Crippen molar-refractivity contribution in [1.82, 2.24) is 0 Å². The lowest BCUT2D eigenvalue weighted by molar-refractivity contribution is -0.384. The Hall–Kier alpha value is -3.00. The summed E-state index contributed by atoms with van der Waals surface area (Å²) in [4.78, 5) is 34.2. The number of non-ortho nitro benzene ring substituents is 1. The number of esters is 1. The van der Waals surface area contributed by atoms with Crippen LogP contribution in [0.3, 0.4) is 0 Å². The number of nitrogens with one attached hydrogen (secondary N) is 1. The zero-order chi connectivity index (χ0) is 19.4. The summed E-state index contributed by atoms with van der Waals surface area (Å²) < 4.78 is 18.5. The summed E-state index contributed by atoms with van der Waals surface area (Å²) >= 11 is 5.89. The standard InChI is InChI=1S/C17H14ClFN2O5/c1-9-3-4-11(7-14(9)19)17(23)26-10(2)16(22)20-15-6-5-12(21(24)25)8-13(15)18/h3-8,10H,1-2H3,(H,20,22). The van der Waals surface area contributed by atoms with Crippen molar-refractivity contribution < 1.29 is 23.6 Å². The molecular formula is C17H14ClFN2O5. The number of benzene rings is 2. The van der Waals surface area contributed by atoms with Crippen LogP contribution in [0.1, 0.15) is 22.8 Å². The maximum Gasteiger partial charge on any atom is 0.339 e. The smallest absolute Gasteiger partial charge is 0.339 e. The number of nitro groups is 1. The Morgan fingerprint density at radius 2 is 1.96 bits per heavy atom. The first-order valence-corrected chi connectivity index (χ1v) is 7.78. The molecule has 0 aliphatic heterocycles. The van der Waals surface area contributed by atoms with E-state index in [0.717, 1.165) is 12.1 Å². The van der Waals surface area contributed by atoms with Gasteiger partial charge in [0.1, 0.15) is 5.82 Å². The van der Waals surface area contributed by atoms with Gasteiger partial charge in [-0.15, -0.1) is 0 Å². The van der Waals surface area contributed by atoms with Gasteiger partial charge in [-0.2, -0.15) is 0 Å². The maximum absolute atomic E-state index is 13.5. The molecule has 0 saturated carbocycles. The van der Waals surface area contributed by atoms with Crippen LogP contribution in [-0.4, -0.2) is 22.9 Å². The van der Waals surface area contributed by atoms with Crippen molar-refractivity contribution in [2.24, 2.45) is 0 Å². The lowest BCUT2D eigenvalue weighted by atomic mass is 10.1. The molecule has 136 valence electrons. The third kappa shape index (κ3) is 4.54. The minimum Gasteiger partial charge on any atom is -0.449 e. The molecule has 0 aliphatic rings. The molecule has 0 aromatic heterocycles. The molecule has 9 heteroatoms. The van der Waals surface area contributed by atoms with Crippen molar-refractivity contribution in [3.05, 3.63) is 68.5 Å². The van der Waals surface area contributed by atoms with Gasteiger partial charge in [0.25, 0.3) is 11.6 Å². The first-order valence-electron chi connectivity index (χ1n) is 7.41. The third-order valence-electron chi connectivity index (χ3n) is 3.48. The quantitative estimate of drug-likeness (QED) is 0.482. The summed E-state index contributed by atoms with van der Waals surface area (Å²) in [6, 6.07) is 7.36. The monoisotopic (exact) mass is 380 g/mol. The SMILES string of the molecule is Cc1ccc(C(=O)OC(C)C(=O)Nc2ccc([N+](=O)[O-])cc2Cl)cc1F. The highest BCUT2D eigenvalue weighted by atomic mass is 35.5. The Balaban J connectivity index is 2.04. The van der Waals surface area contributed by atoms with E-state index in [9.17, 15) is 24.1 Å². The Labute approximate surface area is 152 Å². The summed E-state index contributed by atoms with van der Waals surface area (Å²) in [5, 5.41) is 13.0. The van der Waals surface area contributed by atoms with Crippen LogP contribution in [0.4, 0.5) is 15.8 Å². The van der Waals surface area contributed by atoms with E-state index in [4.69, 9.17) is 16.3 Å². The number of carbonyl (C=O) groups is 2. The molecule has 0 spiro atoms. The highest BCUT2D eigenvalue weighted by molar-refractivity contribution is 6.34. The minimum atomic E-state index is -1.20. The summed E-state index contributed by atoms with van der Waals surface area (Å²) in [6.45, 7) is 2.88. The van der Waals surface area contributed by atoms with Crippen molar-refractivity contribution >= 4 is 34.9 Å². The van der Waals surface area contributed by atoms with Gasteiger partial charge in [-0.25, -0.2) is 9.18 Å². The summed E-state index contributed by atoms with van der Waals surface area (Å²) in [7, 11) is 0. The van der Waals surface area contributed by atoms with E-state index in [0.29, 0.717) is 5.56 Å². The molecule has 0 saturated heterocycles. The van der Waals surface area contributed by atoms with Gasteiger partial charge in [0.15, 0.2) is 6.10 Å². The normalized spacial score (nSPS) is 11.5.